The first-order valence-electron chi connectivity index (χ1n) is 5.53. The largest absolute Gasteiger partial charge is 0.228 e. The molecule has 1 aliphatic carbocycles. The Morgan fingerprint density at radius 2 is 1.88 bits per heavy atom. The molecule has 16 heavy (non-hydrogen) atoms. The standard InChI is InChI=1S/C12H21NO2S/c1-8(2)12(16(13,14)15)10(4)6-9(3)7-11(12)5/h6-8,10H,1-5H3,(H2,13,14,15). The smallest absolute Gasteiger partial charge is 0.219 e. The Balaban J connectivity index is 3.52. The van der Waals surface area contributed by atoms with Crippen LogP contribution in [-0.4, -0.2) is 13.2 Å². The third kappa shape index (κ3) is 1.74. The molecular formula is C12H21NO2S. The zero-order chi connectivity index (χ0) is 12.7. The third-order valence-corrected chi connectivity index (χ3v) is 5.69. The maximum Gasteiger partial charge on any atom is 0.219 e. The normalized spacial score (nSPS) is 31.3. The number of sulfonamides is 1. The van der Waals surface area contributed by atoms with E-state index < -0.39 is 14.8 Å². The number of hydrogen-bond acceptors (Lipinski definition) is 2. The SMILES string of the molecule is CC1=CC(C)C(C(C)C)(S(N)(=O)=O)C(C)=C1. The zero-order valence-electron chi connectivity index (χ0n) is 10.6. The number of allylic oxidation sites excluding steroid dienone is 3. The van der Waals surface area contributed by atoms with E-state index in [0.29, 0.717) is 0 Å². The molecule has 0 fully saturated rings. The lowest BCUT2D eigenvalue weighted by atomic mass is 9.74. The Morgan fingerprint density at radius 3 is 2.19 bits per heavy atom. The van der Waals surface area contributed by atoms with E-state index in [9.17, 15) is 8.42 Å². The monoisotopic (exact) mass is 243 g/mol. The van der Waals surface area contributed by atoms with Crippen LogP contribution in [0.1, 0.15) is 34.6 Å². The molecule has 0 saturated carbocycles. The summed E-state index contributed by atoms with van der Waals surface area (Å²) >= 11 is 0. The second-order valence-corrected chi connectivity index (χ2v) is 6.79. The van der Waals surface area contributed by atoms with Crippen molar-refractivity contribution in [2.75, 3.05) is 0 Å². The van der Waals surface area contributed by atoms with Crippen molar-refractivity contribution in [1.29, 1.82) is 0 Å². The molecule has 3 nitrogen and oxygen atoms in total. The van der Waals surface area contributed by atoms with Gasteiger partial charge in [0.05, 0.1) is 0 Å². The lowest BCUT2D eigenvalue weighted by molar-refractivity contribution is 0.374. The van der Waals surface area contributed by atoms with E-state index in [2.05, 4.69) is 0 Å². The van der Waals surface area contributed by atoms with Crippen LogP contribution < -0.4 is 5.14 Å². The summed E-state index contributed by atoms with van der Waals surface area (Å²) in [5.74, 6) is -0.134. The summed E-state index contributed by atoms with van der Waals surface area (Å²) in [6.07, 6.45) is 3.90. The van der Waals surface area contributed by atoms with Gasteiger partial charge in [-0.3, -0.25) is 0 Å². The molecule has 0 aromatic heterocycles. The quantitative estimate of drug-likeness (QED) is 0.808. The summed E-state index contributed by atoms with van der Waals surface area (Å²) in [4.78, 5) is 0. The summed E-state index contributed by atoms with van der Waals surface area (Å²) in [7, 11) is -3.62. The molecule has 4 heteroatoms. The Bertz CT molecular complexity index is 446. The molecule has 2 atom stereocenters. The van der Waals surface area contributed by atoms with Crippen molar-refractivity contribution in [3.8, 4) is 0 Å². The van der Waals surface area contributed by atoms with Gasteiger partial charge in [-0.2, -0.15) is 0 Å². The van der Waals surface area contributed by atoms with Gasteiger partial charge in [0, 0.05) is 0 Å². The molecule has 2 unspecified atom stereocenters. The fourth-order valence-corrected chi connectivity index (χ4v) is 4.92. The molecule has 0 aliphatic heterocycles. The van der Waals surface area contributed by atoms with Crippen molar-refractivity contribution in [2.24, 2.45) is 17.0 Å². The van der Waals surface area contributed by atoms with Gasteiger partial charge in [-0.1, -0.05) is 38.5 Å². The number of hydrogen-bond donors (Lipinski definition) is 1. The maximum atomic E-state index is 12.0. The topological polar surface area (TPSA) is 60.2 Å². The molecule has 0 aromatic carbocycles. The summed E-state index contributed by atoms with van der Waals surface area (Å²) in [6.45, 7) is 9.58. The van der Waals surface area contributed by atoms with Crippen LogP contribution in [0.2, 0.25) is 0 Å². The second kappa shape index (κ2) is 4.00. The fourth-order valence-electron chi connectivity index (χ4n) is 3.17. The average Bonchev–Trinajstić information content (AvgIpc) is 1.97. The van der Waals surface area contributed by atoms with E-state index in [0.717, 1.165) is 11.1 Å². The van der Waals surface area contributed by atoms with E-state index in [1.165, 1.54) is 0 Å². The maximum absolute atomic E-state index is 12.0. The molecule has 0 saturated heterocycles. The number of nitrogens with two attached hydrogens (primary N) is 1. The van der Waals surface area contributed by atoms with Crippen molar-refractivity contribution in [2.45, 2.75) is 39.4 Å². The van der Waals surface area contributed by atoms with Gasteiger partial charge in [0.1, 0.15) is 4.75 Å². The third-order valence-electron chi connectivity index (χ3n) is 3.58. The lowest BCUT2D eigenvalue weighted by Crippen LogP contribution is -2.54. The Labute approximate surface area is 98.5 Å². The van der Waals surface area contributed by atoms with Crippen LogP contribution in [0, 0.1) is 11.8 Å². The second-order valence-electron chi connectivity index (χ2n) is 5.02. The molecule has 0 amide bonds. The predicted molar refractivity (Wildman–Crippen MR) is 67.4 cm³/mol. The van der Waals surface area contributed by atoms with Crippen molar-refractivity contribution in [1.82, 2.24) is 0 Å². The van der Waals surface area contributed by atoms with Gasteiger partial charge in [0.2, 0.25) is 10.0 Å². The van der Waals surface area contributed by atoms with Crippen LogP contribution in [0.25, 0.3) is 0 Å². The van der Waals surface area contributed by atoms with Gasteiger partial charge in [-0.25, -0.2) is 13.6 Å². The molecule has 1 aliphatic rings. The highest BCUT2D eigenvalue weighted by molar-refractivity contribution is 7.90. The number of rotatable bonds is 2. The van der Waals surface area contributed by atoms with Crippen LogP contribution in [0.15, 0.2) is 23.3 Å². The summed E-state index contributed by atoms with van der Waals surface area (Å²) in [6, 6.07) is 0. The van der Waals surface area contributed by atoms with Gasteiger partial charge in [0.15, 0.2) is 0 Å². The Kier molecular flexibility index (Phi) is 3.37. The van der Waals surface area contributed by atoms with Crippen LogP contribution >= 0.6 is 0 Å². The van der Waals surface area contributed by atoms with Crippen molar-refractivity contribution < 1.29 is 8.42 Å². The molecule has 0 heterocycles. The highest BCUT2D eigenvalue weighted by atomic mass is 32.2. The van der Waals surface area contributed by atoms with E-state index in [1.807, 2.05) is 46.8 Å². The van der Waals surface area contributed by atoms with Gasteiger partial charge < -0.3 is 0 Å². The Morgan fingerprint density at radius 1 is 1.38 bits per heavy atom. The van der Waals surface area contributed by atoms with E-state index >= 15 is 0 Å². The molecule has 1 rings (SSSR count). The van der Waals surface area contributed by atoms with Crippen molar-refractivity contribution in [3.05, 3.63) is 23.3 Å². The highest BCUT2D eigenvalue weighted by Crippen LogP contribution is 2.43. The van der Waals surface area contributed by atoms with Crippen LogP contribution in [0.4, 0.5) is 0 Å². The molecule has 0 bridgehead atoms. The Hall–Kier alpha value is -0.610. The van der Waals surface area contributed by atoms with E-state index in [-0.39, 0.29) is 11.8 Å². The fraction of sp³-hybridized carbons (Fsp3) is 0.667. The average molecular weight is 243 g/mol. The summed E-state index contributed by atoms with van der Waals surface area (Å²) in [5.41, 5.74) is 1.95. The minimum atomic E-state index is -3.62. The first-order valence-corrected chi connectivity index (χ1v) is 7.08. The van der Waals surface area contributed by atoms with Gasteiger partial charge in [0.25, 0.3) is 0 Å². The molecule has 92 valence electrons. The van der Waals surface area contributed by atoms with Gasteiger partial charge in [-0.05, 0) is 31.3 Å². The summed E-state index contributed by atoms with van der Waals surface area (Å²) < 4.78 is 23.0. The van der Waals surface area contributed by atoms with Crippen molar-refractivity contribution in [3.63, 3.8) is 0 Å². The molecule has 0 aromatic rings. The molecular weight excluding hydrogens is 222 g/mol. The number of primary sulfonamides is 1. The molecule has 0 spiro atoms. The van der Waals surface area contributed by atoms with Gasteiger partial charge in [-0.15, -0.1) is 0 Å². The van der Waals surface area contributed by atoms with Crippen LogP contribution in [0.3, 0.4) is 0 Å². The van der Waals surface area contributed by atoms with Crippen LogP contribution in [-0.2, 0) is 10.0 Å². The first-order chi connectivity index (χ1) is 7.14. The minimum absolute atomic E-state index is 0.0434. The molecule has 0 radical (unpaired) electrons. The van der Waals surface area contributed by atoms with E-state index in [1.54, 1.807) is 0 Å². The lowest BCUT2D eigenvalue weighted by Gasteiger charge is -2.42. The highest BCUT2D eigenvalue weighted by Gasteiger charge is 2.50. The zero-order valence-corrected chi connectivity index (χ0v) is 11.4. The minimum Gasteiger partial charge on any atom is -0.228 e. The summed E-state index contributed by atoms with van der Waals surface area (Å²) in [5, 5.41) is 5.47. The van der Waals surface area contributed by atoms with E-state index in [4.69, 9.17) is 5.14 Å². The molecule has 2 N–H and O–H groups in total. The first kappa shape index (κ1) is 13.5. The predicted octanol–water partition coefficient (Wildman–Crippen LogP) is 2.21. The van der Waals surface area contributed by atoms with Gasteiger partial charge >= 0.3 is 0 Å². The van der Waals surface area contributed by atoms with Crippen LogP contribution in [0.5, 0.6) is 0 Å². The van der Waals surface area contributed by atoms with Crippen molar-refractivity contribution >= 4 is 10.0 Å².